The number of hydrogen-bond acceptors (Lipinski definition) is 3. The summed E-state index contributed by atoms with van der Waals surface area (Å²) in [5, 5.41) is 23.0. The Morgan fingerprint density at radius 1 is 0.545 bits per heavy atom. The van der Waals surface area contributed by atoms with Crippen molar-refractivity contribution in [3.63, 3.8) is 0 Å². The zero-order valence-corrected chi connectivity index (χ0v) is 29.4. The van der Waals surface area contributed by atoms with Crippen LogP contribution in [-0.4, -0.2) is 34.9 Å². The zero-order valence-electron chi connectivity index (χ0n) is 29.4. The van der Waals surface area contributed by atoms with Gasteiger partial charge in [-0.25, -0.2) is 0 Å². The molecule has 0 radical (unpaired) electrons. The molecule has 4 heteroatoms. The molecular formula is C40H75NO3. The third kappa shape index (κ3) is 32.0. The summed E-state index contributed by atoms with van der Waals surface area (Å²) >= 11 is 0. The quantitative estimate of drug-likeness (QED) is 0.0497. The van der Waals surface area contributed by atoms with E-state index in [1.54, 1.807) is 0 Å². The van der Waals surface area contributed by atoms with Crippen LogP contribution in [0.1, 0.15) is 194 Å². The van der Waals surface area contributed by atoms with Crippen molar-refractivity contribution < 1.29 is 15.0 Å². The maximum atomic E-state index is 12.3. The molecule has 0 saturated heterocycles. The molecule has 0 aliphatic rings. The van der Waals surface area contributed by atoms with E-state index in [0.29, 0.717) is 12.8 Å². The van der Waals surface area contributed by atoms with Crippen LogP contribution in [-0.2, 0) is 4.79 Å². The minimum absolute atomic E-state index is 0.0462. The lowest BCUT2D eigenvalue weighted by Crippen LogP contribution is -2.45. The lowest BCUT2D eigenvalue weighted by molar-refractivity contribution is -0.123. The fourth-order valence-corrected chi connectivity index (χ4v) is 5.66. The Hall–Kier alpha value is -1.39. The van der Waals surface area contributed by atoms with Gasteiger partial charge in [-0.05, 0) is 51.4 Å². The summed E-state index contributed by atoms with van der Waals surface area (Å²) in [6, 6.07) is -0.541. The molecule has 0 aliphatic heterocycles. The minimum Gasteiger partial charge on any atom is -0.394 e. The number of rotatable bonds is 34. The number of hydrogen-bond donors (Lipinski definition) is 3. The maximum Gasteiger partial charge on any atom is 0.220 e. The number of nitrogens with one attached hydrogen (secondary N) is 1. The van der Waals surface area contributed by atoms with Gasteiger partial charge in [0.2, 0.25) is 5.91 Å². The van der Waals surface area contributed by atoms with Crippen LogP contribution < -0.4 is 5.32 Å². The van der Waals surface area contributed by atoms with Crippen molar-refractivity contribution in [3.8, 4) is 0 Å². The average Bonchev–Trinajstić information content (AvgIpc) is 3.03. The van der Waals surface area contributed by atoms with E-state index in [2.05, 4.69) is 55.6 Å². The number of allylic oxidation sites excluding steroid dienone is 6. The Morgan fingerprint density at radius 2 is 0.932 bits per heavy atom. The molecule has 1 amide bonds. The second-order valence-corrected chi connectivity index (χ2v) is 13.0. The van der Waals surface area contributed by atoms with E-state index in [1.165, 1.54) is 116 Å². The molecule has 2 atom stereocenters. The van der Waals surface area contributed by atoms with Gasteiger partial charge in [0.15, 0.2) is 0 Å². The Balaban J connectivity index is 3.60. The normalized spacial score (nSPS) is 13.5. The lowest BCUT2D eigenvalue weighted by Gasteiger charge is -2.22. The summed E-state index contributed by atoms with van der Waals surface area (Å²) in [6.45, 7) is 4.32. The molecule has 2 unspecified atom stereocenters. The van der Waals surface area contributed by atoms with E-state index < -0.39 is 12.1 Å². The van der Waals surface area contributed by atoms with Gasteiger partial charge in [-0.2, -0.15) is 0 Å². The summed E-state index contributed by atoms with van der Waals surface area (Å²) in [4.78, 5) is 12.3. The average molecular weight is 618 g/mol. The predicted molar refractivity (Wildman–Crippen MR) is 193 cm³/mol. The third-order valence-corrected chi connectivity index (χ3v) is 8.65. The number of carbonyl (C=O) groups is 1. The smallest absolute Gasteiger partial charge is 0.220 e. The molecule has 0 rings (SSSR count). The highest BCUT2D eigenvalue weighted by molar-refractivity contribution is 5.76. The molecular weight excluding hydrogens is 542 g/mol. The topological polar surface area (TPSA) is 69.6 Å². The second kappa shape index (κ2) is 36.1. The van der Waals surface area contributed by atoms with Gasteiger partial charge in [-0.15, -0.1) is 0 Å². The standard InChI is InChI=1S/C40H75NO3/c1-3-5-7-9-11-13-15-16-17-18-19-20-21-22-23-24-26-28-30-32-34-36-40(44)41-38(37-42)39(43)35-33-31-29-27-25-14-12-10-8-6-4-2/h15-16,18-19,21-22,38-39,42-43H,3-14,17,20,23-37H2,1-2H3,(H,41,44)/b16-15-,19-18-,22-21-. The van der Waals surface area contributed by atoms with Gasteiger partial charge in [0, 0.05) is 6.42 Å². The third-order valence-electron chi connectivity index (χ3n) is 8.65. The molecule has 0 spiro atoms. The molecule has 258 valence electrons. The Bertz CT molecular complexity index is 672. The molecule has 0 heterocycles. The molecule has 3 N–H and O–H groups in total. The van der Waals surface area contributed by atoms with Crippen molar-refractivity contribution in [3.05, 3.63) is 36.5 Å². The largest absolute Gasteiger partial charge is 0.394 e. The monoisotopic (exact) mass is 618 g/mol. The van der Waals surface area contributed by atoms with E-state index in [9.17, 15) is 15.0 Å². The fraction of sp³-hybridized carbons (Fsp3) is 0.825. The Morgan fingerprint density at radius 3 is 1.39 bits per heavy atom. The van der Waals surface area contributed by atoms with Crippen LogP contribution in [0.25, 0.3) is 0 Å². The van der Waals surface area contributed by atoms with Gasteiger partial charge < -0.3 is 15.5 Å². The number of unbranched alkanes of at least 4 members (excludes halogenated alkanes) is 21. The van der Waals surface area contributed by atoms with Crippen LogP contribution in [0.15, 0.2) is 36.5 Å². The maximum absolute atomic E-state index is 12.3. The van der Waals surface area contributed by atoms with Crippen molar-refractivity contribution in [2.24, 2.45) is 0 Å². The Labute approximate surface area is 274 Å². The molecule has 4 nitrogen and oxygen atoms in total. The van der Waals surface area contributed by atoms with Gasteiger partial charge in [0.1, 0.15) is 0 Å². The van der Waals surface area contributed by atoms with E-state index in [0.717, 1.165) is 51.4 Å². The fourth-order valence-electron chi connectivity index (χ4n) is 5.66. The SMILES string of the molecule is CCCCCCC/C=C\C/C=C\C/C=C\CCCCCCCCC(=O)NC(CO)C(O)CCCCCCCCCCCCC. The van der Waals surface area contributed by atoms with Crippen molar-refractivity contribution in [1.82, 2.24) is 5.32 Å². The van der Waals surface area contributed by atoms with Crippen LogP contribution >= 0.6 is 0 Å². The molecule has 0 saturated carbocycles. The van der Waals surface area contributed by atoms with Crippen LogP contribution in [0.4, 0.5) is 0 Å². The van der Waals surface area contributed by atoms with E-state index in [1.807, 2.05) is 0 Å². The number of carbonyl (C=O) groups excluding carboxylic acids is 1. The lowest BCUT2D eigenvalue weighted by atomic mass is 10.0. The summed E-state index contributed by atoms with van der Waals surface area (Å²) in [5.41, 5.74) is 0. The van der Waals surface area contributed by atoms with Gasteiger partial charge in [-0.1, -0.05) is 172 Å². The van der Waals surface area contributed by atoms with E-state index in [-0.39, 0.29) is 12.5 Å². The van der Waals surface area contributed by atoms with Gasteiger partial charge >= 0.3 is 0 Å². The van der Waals surface area contributed by atoms with Crippen molar-refractivity contribution in [1.29, 1.82) is 0 Å². The highest BCUT2D eigenvalue weighted by Gasteiger charge is 2.19. The van der Waals surface area contributed by atoms with Crippen LogP contribution in [0.5, 0.6) is 0 Å². The molecule has 0 aromatic heterocycles. The number of amides is 1. The van der Waals surface area contributed by atoms with E-state index in [4.69, 9.17) is 0 Å². The minimum atomic E-state index is -0.663. The van der Waals surface area contributed by atoms with Gasteiger partial charge in [0.25, 0.3) is 0 Å². The molecule has 0 fully saturated rings. The van der Waals surface area contributed by atoms with Crippen LogP contribution in [0.2, 0.25) is 0 Å². The zero-order chi connectivity index (χ0) is 32.2. The first-order valence-electron chi connectivity index (χ1n) is 19.2. The first kappa shape index (κ1) is 42.6. The highest BCUT2D eigenvalue weighted by atomic mass is 16.3. The number of aliphatic hydroxyl groups is 2. The molecule has 0 bridgehead atoms. The molecule has 0 aromatic rings. The van der Waals surface area contributed by atoms with E-state index >= 15 is 0 Å². The van der Waals surface area contributed by atoms with Crippen molar-refractivity contribution in [2.75, 3.05) is 6.61 Å². The molecule has 44 heavy (non-hydrogen) atoms. The number of aliphatic hydroxyl groups excluding tert-OH is 2. The second-order valence-electron chi connectivity index (χ2n) is 13.0. The summed E-state index contributed by atoms with van der Waals surface area (Å²) < 4.78 is 0. The van der Waals surface area contributed by atoms with Crippen LogP contribution in [0.3, 0.4) is 0 Å². The summed E-state index contributed by atoms with van der Waals surface area (Å²) in [6.07, 6.45) is 46.3. The Kier molecular flexibility index (Phi) is 34.9. The van der Waals surface area contributed by atoms with Crippen molar-refractivity contribution in [2.45, 2.75) is 206 Å². The first-order chi connectivity index (χ1) is 21.7. The predicted octanol–water partition coefficient (Wildman–Crippen LogP) is 11.5. The first-order valence-corrected chi connectivity index (χ1v) is 19.2. The van der Waals surface area contributed by atoms with Crippen molar-refractivity contribution >= 4 is 5.91 Å². The highest BCUT2D eigenvalue weighted by Crippen LogP contribution is 2.14. The summed E-state index contributed by atoms with van der Waals surface area (Å²) in [7, 11) is 0. The van der Waals surface area contributed by atoms with Crippen LogP contribution in [0, 0.1) is 0 Å². The molecule has 0 aromatic carbocycles. The molecule has 0 aliphatic carbocycles. The van der Waals surface area contributed by atoms with Gasteiger partial charge in [-0.3, -0.25) is 4.79 Å². The summed E-state index contributed by atoms with van der Waals surface area (Å²) in [5.74, 6) is -0.0462. The van der Waals surface area contributed by atoms with Gasteiger partial charge in [0.05, 0.1) is 18.8 Å².